The van der Waals surface area contributed by atoms with Gasteiger partial charge in [0.1, 0.15) is 23.3 Å². The van der Waals surface area contributed by atoms with Gasteiger partial charge in [-0.1, -0.05) is 29.8 Å². The molecule has 2 saturated heterocycles. The number of aromatic nitrogens is 3. The fourth-order valence-corrected chi connectivity index (χ4v) is 5.75. The fraction of sp³-hybridized carbons (Fsp3) is 0.455. The maximum Gasteiger partial charge on any atom is 0.181 e. The van der Waals surface area contributed by atoms with Gasteiger partial charge in [-0.3, -0.25) is 4.90 Å². The summed E-state index contributed by atoms with van der Waals surface area (Å²) in [6.07, 6.45) is 0.189. The van der Waals surface area contributed by atoms with Gasteiger partial charge in [-0.05, 0) is 63.6 Å². The number of rotatable bonds is 10. The Morgan fingerprint density at radius 1 is 1.09 bits per heavy atom. The van der Waals surface area contributed by atoms with Crippen LogP contribution in [-0.2, 0) is 29.1 Å². The van der Waals surface area contributed by atoms with Crippen molar-refractivity contribution in [2.75, 3.05) is 43.0 Å². The Morgan fingerprint density at radius 2 is 1.89 bits per heavy atom. The van der Waals surface area contributed by atoms with Crippen LogP contribution in [0.4, 0.5) is 16.0 Å². The summed E-state index contributed by atoms with van der Waals surface area (Å²) in [6.45, 7) is 11.7. The minimum absolute atomic E-state index is 0.172. The molecule has 2 unspecified atom stereocenters. The van der Waals surface area contributed by atoms with Crippen molar-refractivity contribution in [2.45, 2.75) is 64.8 Å². The lowest BCUT2D eigenvalue weighted by Crippen LogP contribution is -2.46. The highest BCUT2D eigenvalue weighted by molar-refractivity contribution is 6.30. The second-order valence-electron chi connectivity index (χ2n) is 12.5. The molecule has 0 bridgehead atoms. The summed E-state index contributed by atoms with van der Waals surface area (Å²) in [4.78, 5) is 14.5. The van der Waals surface area contributed by atoms with E-state index in [1.807, 2.05) is 57.2 Å². The van der Waals surface area contributed by atoms with Gasteiger partial charge >= 0.3 is 0 Å². The van der Waals surface area contributed by atoms with Gasteiger partial charge in [-0.15, -0.1) is 0 Å². The Labute approximate surface area is 262 Å². The third-order valence-corrected chi connectivity index (χ3v) is 8.29. The molecule has 234 valence electrons. The number of piperazine rings is 1. The van der Waals surface area contributed by atoms with Crippen LogP contribution in [0.3, 0.4) is 0 Å². The van der Waals surface area contributed by atoms with Gasteiger partial charge in [-0.2, -0.15) is 0 Å². The number of anilines is 2. The van der Waals surface area contributed by atoms with E-state index >= 15 is 0 Å². The van der Waals surface area contributed by atoms with Crippen LogP contribution < -0.4 is 10.2 Å². The van der Waals surface area contributed by atoms with Crippen LogP contribution in [0.15, 0.2) is 54.6 Å². The van der Waals surface area contributed by atoms with Crippen LogP contribution >= 0.6 is 11.6 Å². The van der Waals surface area contributed by atoms with Gasteiger partial charge in [0.15, 0.2) is 6.29 Å². The first-order valence-electron chi connectivity index (χ1n) is 15.2. The zero-order chi connectivity index (χ0) is 30.8. The number of nitrogens with zero attached hydrogens (tertiary/aromatic N) is 5. The summed E-state index contributed by atoms with van der Waals surface area (Å²) < 4.78 is 28.1. The minimum Gasteiger partial charge on any atom is -0.376 e. The monoisotopic (exact) mass is 622 g/mol. The van der Waals surface area contributed by atoms with E-state index in [2.05, 4.69) is 19.7 Å². The molecule has 2 aromatic heterocycles. The van der Waals surface area contributed by atoms with Gasteiger partial charge in [0.05, 0.1) is 35.8 Å². The highest BCUT2D eigenvalue weighted by atomic mass is 35.5. The number of benzene rings is 2. The van der Waals surface area contributed by atoms with Crippen molar-refractivity contribution < 1.29 is 19.0 Å². The average Bonchev–Trinajstić information content (AvgIpc) is 3.30. The van der Waals surface area contributed by atoms with Crippen LogP contribution in [-0.4, -0.2) is 69.0 Å². The molecule has 4 aromatic rings. The number of hydrogen-bond donors (Lipinski definition) is 2. The second kappa shape index (κ2) is 13.0. The van der Waals surface area contributed by atoms with Crippen molar-refractivity contribution in [3.63, 3.8) is 0 Å². The molecule has 2 atom stereocenters. The number of hydrogen-bond acceptors (Lipinski definition) is 8. The molecule has 2 fully saturated rings. The van der Waals surface area contributed by atoms with Gasteiger partial charge in [0.25, 0.3) is 0 Å². The Hall–Kier alpha value is -3.28. The summed E-state index contributed by atoms with van der Waals surface area (Å²) >= 11 is 5.88. The number of imidazole rings is 1. The number of fused-ring (bicyclic) bond motifs is 1. The lowest BCUT2D eigenvalue weighted by Gasteiger charge is -2.35. The molecule has 44 heavy (non-hydrogen) atoms. The topological polar surface area (TPSA) is 87.9 Å². The van der Waals surface area contributed by atoms with Gasteiger partial charge < -0.3 is 29.4 Å². The van der Waals surface area contributed by atoms with Crippen LogP contribution in [0, 0.1) is 5.82 Å². The quantitative estimate of drug-likeness (QED) is 0.216. The first-order chi connectivity index (χ1) is 21.1. The first kappa shape index (κ1) is 30.7. The number of halogens is 2. The smallest absolute Gasteiger partial charge is 0.181 e. The maximum absolute atomic E-state index is 14.2. The Bertz CT molecular complexity index is 1600. The van der Waals surface area contributed by atoms with Crippen LogP contribution in [0.1, 0.15) is 50.4 Å². The molecule has 0 amide bonds. The van der Waals surface area contributed by atoms with E-state index in [0.717, 1.165) is 68.4 Å². The van der Waals surface area contributed by atoms with E-state index in [-0.39, 0.29) is 11.9 Å². The molecule has 11 heteroatoms. The Kier molecular flexibility index (Phi) is 9.07. The zero-order valence-corrected chi connectivity index (χ0v) is 26.2. The highest BCUT2D eigenvalue weighted by Gasteiger charge is 2.26. The lowest BCUT2D eigenvalue weighted by molar-refractivity contribution is -0.169. The van der Waals surface area contributed by atoms with Crippen LogP contribution in [0.25, 0.3) is 11.0 Å². The third-order valence-electron chi connectivity index (χ3n) is 8.05. The largest absolute Gasteiger partial charge is 0.376 e. The van der Waals surface area contributed by atoms with Gasteiger partial charge in [-0.25, -0.2) is 14.4 Å². The van der Waals surface area contributed by atoms with E-state index in [0.29, 0.717) is 35.1 Å². The third kappa shape index (κ3) is 7.33. The zero-order valence-electron chi connectivity index (χ0n) is 25.5. The van der Waals surface area contributed by atoms with Gasteiger partial charge in [0, 0.05) is 55.5 Å². The Morgan fingerprint density at radius 3 is 2.59 bits per heavy atom. The van der Waals surface area contributed by atoms with Crippen LogP contribution in [0.2, 0.25) is 5.02 Å². The lowest BCUT2D eigenvalue weighted by atomic mass is 10.1. The summed E-state index contributed by atoms with van der Waals surface area (Å²) in [5.74, 6) is 2.25. The number of ether oxygens (including phenoxy) is 2. The molecule has 4 heterocycles. The highest BCUT2D eigenvalue weighted by Crippen LogP contribution is 2.28. The predicted octanol–water partition coefficient (Wildman–Crippen LogP) is 5.75. The molecule has 0 aliphatic carbocycles. The van der Waals surface area contributed by atoms with E-state index in [1.54, 1.807) is 12.1 Å². The second-order valence-corrected chi connectivity index (χ2v) is 12.9. The van der Waals surface area contributed by atoms with Gasteiger partial charge in [0.2, 0.25) is 0 Å². The molecule has 0 radical (unpaired) electrons. The fourth-order valence-electron chi connectivity index (χ4n) is 5.59. The van der Waals surface area contributed by atoms with Crippen molar-refractivity contribution in [3.05, 3.63) is 82.4 Å². The normalized spacial score (nSPS) is 18.4. The summed E-state index contributed by atoms with van der Waals surface area (Å²) in [7, 11) is 0. The SMILES string of the molecule is CC(C)(C)OC(O)c1ccc2nc(CN3CCN(c4cccc(NCc5ccc(Cl)cc5F)n4)CC3)n(CC3CCO3)c2c1. The minimum atomic E-state index is -1.01. The number of aliphatic hydroxyl groups is 1. The molecule has 0 saturated carbocycles. The first-order valence-corrected chi connectivity index (χ1v) is 15.6. The molecular weight excluding hydrogens is 583 g/mol. The standard InChI is InChI=1S/C33H40ClFN6O3/c1-33(2,3)44-32(42)22-8-10-27-28(17-22)41(20-25-11-16-43-25)31(37-27)21-39-12-14-40(15-13-39)30-6-4-5-29(38-30)36-19-23-7-9-24(34)18-26(23)35/h4-10,17-18,25,32,42H,11-16,19-21H2,1-3H3,(H,36,38). The molecule has 2 N–H and O–H groups in total. The Balaban J connectivity index is 1.11. The molecular formula is C33H40ClFN6O3. The number of pyridine rings is 1. The van der Waals surface area contributed by atoms with Crippen molar-refractivity contribution in [1.82, 2.24) is 19.4 Å². The molecule has 2 aliphatic rings. The van der Waals surface area contributed by atoms with Crippen molar-refractivity contribution in [3.8, 4) is 0 Å². The maximum atomic E-state index is 14.2. The molecule has 2 aromatic carbocycles. The molecule has 9 nitrogen and oxygen atoms in total. The summed E-state index contributed by atoms with van der Waals surface area (Å²) in [6, 6.07) is 16.4. The van der Waals surface area contributed by atoms with E-state index in [1.165, 1.54) is 6.07 Å². The molecule has 6 rings (SSSR count). The summed E-state index contributed by atoms with van der Waals surface area (Å²) in [5.41, 5.74) is 2.67. The summed E-state index contributed by atoms with van der Waals surface area (Å²) in [5, 5.41) is 14.3. The average molecular weight is 623 g/mol. The van der Waals surface area contributed by atoms with Crippen molar-refractivity contribution in [2.24, 2.45) is 0 Å². The molecule has 0 spiro atoms. The predicted molar refractivity (Wildman–Crippen MR) is 170 cm³/mol. The van der Waals surface area contributed by atoms with E-state index in [4.69, 9.17) is 31.0 Å². The van der Waals surface area contributed by atoms with Crippen molar-refractivity contribution in [1.29, 1.82) is 0 Å². The number of nitrogens with one attached hydrogen (secondary N) is 1. The number of aliphatic hydroxyl groups excluding tert-OH is 1. The molecule has 2 aliphatic heterocycles. The van der Waals surface area contributed by atoms with E-state index < -0.39 is 11.9 Å². The van der Waals surface area contributed by atoms with Crippen molar-refractivity contribution >= 4 is 34.3 Å². The van der Waals surface area contributed by atoms with E-state index in [9.17, 15) is 9.50 Å². The van der Waals surface area contributed by atoms with Crippen LogP contribution in [0.5, 0.6) is 0 Å².